The van der Waals surface area contributed by atoms with Gasteiger partial charge in [-0.1, -0.05) is 29.8 Å². The minimum absolute atomic E-state index is 0.159. The van der Waals surface area contributed by atoms with E-state index in [9.17, 15) is 4.79 Å². The van der Waals surface area contributed by atoms with Crippen LogP contribution in [0.4, 0.5) is 0 Å². The normalized spacial score (nSPS) is 11.1. The Labute approximate surface area is 218 Å². The molecule has 0 fully saturated rings. The van der Waals surface area contributed by atoms with Crippen molar-refractivity contribution in [2.75, 3.05) is 13.2 Å². The summed E-state index contributed by atoms with van der Waals surface area (Å²) in [6.07, 6.45) is 1.53. The van der Waals surface area contributed by atoms with E-state index in [0.717, 1.165) is 26.7 Å². The number of nitrogens with zero attached hydrogens (tertiary/aromatic N) is 1. The zero-order valence-electron chi connectivity index (χ0n) is 20.3. The van der Waals surface area contributed by atoms with E-state index in [1.807, 2.05) is 57.2 Å². The third kappa shape index (κ3) is 6.26. The summed E-state index contributed by atoms with van der Waals surface area (Å²) in [4.78, 5) is 12.5. The third-order valence-corrected chi connectivity index (χ3v) is 5.79. The standard InChI is InChI=1S/C28H27BrN2O5/c1-4-33-22-9-10-24-21(14-22)15-26(36-24)28(32)31-30-16-20-12-23(29)27(25(13-20)34-5-2)35-17-19-8-6-7-18(3)11-19/h6-16H,4-5,17H2,1-3H3,(H,31,32)/b30-16+. The molecule has 0 aliphatic carbocycles. The van der Waals surface area contributed by atoms with Crippen molar-refractivity contribution in [3.8, 4) is 17.2 Å². The van der Waals surface area contributed by atoms with Gasteiger partial charge in [0.1, 0.15) is 17.9 Å². The van der Waals surface area contributed by atoms with Crippen molar-refractivity contribution in [1.82, 2.24) is 5.43 Å². The number of carbonyl (C=O) groups excluding carboxylic acids is 1. The van der Waals surface area contributed by atoms with Crippen molar-refractivity contribution in [1.29, 1.82) is 0 Å². The molecule has 0 aliphatic rings. The van der Waals surface area contributed by atoms with E-state index in [4.69, 9.17) is 18.6 Å². The number of hydrazone groups is 1. The number of ether oxygens (including phenoxy) is 3. The average molecular weight is 551 g/mol. The maximum Gasteiger partial charge on any atom is 0.307 e. The number of carbonyl (C=O) groups is 1. The highest BCUT2D eigenvalue weighted by atomic mass is 79.9. The Morgan fingerprint density at radius 3 is 2.64 bits per heavy atom. The van der Waals surface area contributed by atoms with Crippen LogP contribution in [0.2, 0.25) is 0 Å². The molecule has 0 atom stereocenters. The van der Waals surface area contributed by atoms with Crippen LogP contribution in [0.3, 0.4) is 0 Å². The summed E-state index contributed by atoms with van der Waals surface area (Å²) < 4.78 is 23.7. The van der Waals surface area contributed by atoms with Crippen molar-refractivity contribution in [3.63, 3.8) is 0 Å². The first-order valence-corrected chi connectivity index (χ1v) is 12.4. The molecule has 1 heterocycles. The third-order valence-electron chi connectivity index (χ3n) is 5.20. The summed E-state index contributed by atoms with van der Waals surface area (Å²) in [7, 11) is 0. The molecule has 186 valence electrons. The van der Waals surface area contributed by atoms with E-state index in [-0.39, 0.29) is 5.76 Å². The van der Waals surface area contributed by atoms with Gasteiger partial charge in [-0.3, -0.25) is 4.79 Å². The Morgan fingerprint density at radius 1 is 1.03 bits per heavy atom. The van der Waals surface area contributed by atoms with Crippen LogP contribution in [0.15, 0.2) is 74.7 Å². The first kappa shape index (κ1) is 25.3. The molecule has 0 saturated carbocycles. The van der Waals surface area contributed by atoms with Crippen LogP contribution < -0.4 is 19.6 Å². The van der Waals surface area contributed by atoms with Gasteiger partial charge in [-0.25, -0.2) is 5.43 Å². The number of rotatable bonds is 10. The van der Waals surface area contributed by atoms with E-state index in [1.165, 1.54) is 11.8 Å². The second-order valence-corrected chi connectivity index (χ2v) is 8.84. The maximum atomic E-state index is 12.5. The maximum absolute atomic E-state index is 12.5. The van der Waals surface area contributed by atoms with Gasteiger partial charge < -0.3 is 18.6 Å². The van der Waals surface area contributed by atoms with Gasteiger partial charge in [0.2, 0.25) is 0 Å². The predicted octanol–water partition coefficient (Wildman–Crippen LogP) is 6.64. The second kappa shape index (κ2) is 11.8. The largest absolute Gasteiger partial charge is 0.494 e. The van der Waals surface area contributed by atoms with Gasteiger partial charge in [0, 0.05) is 5.39 Å². The summed E-state index contributed by atoms with van der Waals surface area (Å²) in [6.45, 7) is 7.31. The molecule has 0 radical (unpaired) electrons. The summed E-state index contributed by atoms with van der Waals surface area (Å²) in [6, 6.07) is 18.9. The molecular weight excluding hydrogens is 524 g/mol. The number of benzene rings is 3. The van der Waals surface area contributed by atoms with Crippen molar-refractivity contribution in [2.24, 2.45) is 5.10 Å². The molecule has 36 heavy (non-hydrogen) atoms. The van der Waals surface area contributed by atoms with E-state index >= 15 is 0 Å². The molecule has 0 bridgehead atoms. The second-order valence-electron chi connectivity index (χ2n) is 7.98. The topological polar surface area (TPSA) is 82.3 Å². The van der Waals surface area contributed by atoms with E-state index < -0.39 is 5.91 Å². The SMILES string of the molecule is CCOc1ccc2oc(C(=O)N/N=C/c3cc(Br)c(OCc4cccc(C)c4)c(OCC)c3)cc2c1. The number of halogens is 1. The van der Waals surface area contributed by atoms with Crippen molar-refractivity contribution in [3.05, 3.63) is 87.6 Å². The number of hydrogen-bond donors (Lipinski definition) is 1. The van der Waals surface area contributed by atoms with Gasteiger partial charge in [-0.2, -0.15) is 5.10 Å². The zero-order chi connectivity index (χ0) is 25.5. The number of fused-ring (bicyclic) bond motifs is 1. The molecule has 3 aromatic carbocycles. The highest BCUT2D eigenvalue weighted by Gasteiger charge is 2.14. The molecule has 4 aromatic rings. The van der Waals surface area contributed by atoms with Gasteiger partial charge >= 0.3 is 5.91 Å². The summed E-state index contributed by atoms with van der Waals surface area (Å²) >= 11 is 3.57. The number of hydrogen-bond acceptors (Lipinski definition) is 6. The van der Waals surface area contributed by atoms with Crippen LogP contribution in [0, 0.1) is 6.92 Å². The minimum atomic E-state index is -0.456. The molecule has 8 heteroatoms. The Bertz CT molecular complexity index is 1400. The summed E-state index contributed by atoms with van der Waals surface area (Å²) in [5.74, 6) is 1.61. The van der Waals surface area contributed by atoms with Crippen LogP contribution in [0.5, 0.6) is 17.2 Å². The van der Waals surface area contributed by atoms with Crippen LogP contribution >= 0.6 is 15.9 Å². The van der Waals surface area contributed by atoms with Gasteiger partial charge in [0.15, 0.2) is 17.3 Å². The Hall–Kier alpha value is -3.78. The Balaban J connectivity index is 1.45. The summed E-state index contributed by atoms with van der Waals surface area (Å²) in [5.41, 5.74) is 6.06. The summed E-state index contributed by atoms with van der Waals surface area (Å²) in [5, 5.41) is 4.86. The average Bonchev–Trinajstić information content (AvgIpc) is 3.28. The van der Waals surface area contributed by atoms with E-state index in [1.54, 1.807) is 18.2 Å². The van der Waals surface area contributed by atoms with Gasteiger partial charge in [-0.15, -0.1) is 0 Å². The minimum Gasteiger partial charge on any atom is -0.494 e. The molecular formula is C28H27BrN2O5. The first-order chi connectivity index (χ1) is 17.5. The van der Waals surface area contributed by atoms with Crippen molar-refractivity contribution < 1.29 is 23.4 Å². The van der Waals surface area contributed by atoms with Crippen LogP contribution in [-0.4, -0.2) is 25.3 Å². The van der Waals surface area contributed by atoms with Gasteiger partial charge in [0.05, 0.1) is 23.9 Å². The lowest BCUT2D eigenvalue weighted by Gasteiger charge is -2.15. The monoisotopic (exact) mass is 550 g/mol. The molecule has 1 aromatic heterocycles. The number of nitrogens with one attached hydrogen (secondary N) is 1. The lowest BCUT2D eigenvalue weighted by Crippen LogP contribution is -2.16. The van der Waals surface area contributed by atoms with E-state index in [0.29, 0.717) is 36.9 Å². The lowest BCUT2D eigenvalue weighted by molar-refractivity contribution is 0.0929. The van der Waals surface area contributed by atoms with Gasteiger partial charge in [0.25, 0.3) is 0 Å². The highest BCUT2D eigenvalue weighted by Crippen LogP contribution is 2.37. The van der Waals surface area contributed by atoms with Crippen LogP contribution in [0.25, 0.3) is 11.0 Å². The number of furan rings is 1. The fraction of sp³-hybridized carbons (Fsp3) is 0.214. The fourth-order valence-electron chi connectivity index (χ4n) is 3.63. The molecule has 4 rings (SSSR count). The lowest BCUT2D eigenvalue weighted by atomic mass is 10.1. The smallest absolute Gasteiger partial charge is 0.307 e. The molecule has 0 unspecified atom stereocenters. The molecule has 7 nitrogen and oxygen atoms in total. The molecule has 0 saturated heterocycles. The number of aryl methyl sites for hydroxylation is 1. The fourth-order valence-corrected chi connectivity index (χ4v) is 4.21. The highest BCUT2D eigenvalue weighted by molar-refractivity contribution is 9.10. The Morgan fingerprint density at radius 2 is 1.86 bits per heavy atom. The zero-order valence-corrected chi connectivity index (χ0v) is 21.9. The molecule has 1 amide bonds. The van der Waals surface area contributed by atoms with Crippen molar-refractivity contribution >= 4 is 39.0 Å². The number of amides is 1. The van der Waals surface area contributed by atoms with E-state index in [2.05, 4.69) is 32.5 Å². The molecule has 1 N–H and O–H groups in total. The van der Waals surface area contributed by atoms with Crippen LogP contribution in [0.1, 0.15) is 41.1 Å². The van der Waals surface area contributed by atoms with Gasteiger partial charge in [-0.05, 0) is 84.2 Å². The first-order valence-electron chi connectivity index (χ1n) is 11.6. The van der Waals surface area contributed by atoms with Crippen molar-refractivity contribution in [2.45, 2.75) is 27.4 Å². The molecule has 0 aliphatic heterocycles. The Kier molecular flexibility index (Phi) is 8.28. The quantitative estimate of drug-likeness (QED) is 0.176. The van der Waals surface area contributed by atoms with Crippen LogP contribution in [-0.2, 0) is 6.61 Å². The molecule has 0 spiro atoms. The predicted molar refractivity (Wildman–Crippen MR) is 143 cm³/mol.